The molecule has 5 heteroatoms. The van der Waals surface area contributed by atoms with Crippen LogP contribution in [0.15, 0.2) is 29.6 Å². The molecular weight excluding hydrogens is 306 g/mol. The van der Waals surface area contributed by atoms with Crippen molar-refractivity contribution in [3.63, 3.8) is 0 Å². The summed E-state index contributed by atoms with van der Waals surface area (Å²) < 4.78 is 1.79. The van der Waals surface area contributed by atoms with E-state index in [0.717, 1.165) is 16.2 Å². The number of thiazole rings is 1. The molecular formula is C18H21N3OS. The zero-order chi connectivity index (χ0) is 16.0. The topological polar surface area (TPSA) is 64.1 Å². The zero-order valence-electron chi connectivity index (χ0n) is 13.2. The summed E-state index contributed by atoms with van der Waals surface area (Å²) in [5.74, 6) is 7.76. The van der Waals surface area contributed by atoms with E-state index in [9.17, 15) is 5.11 Å². The molecule has 0 saturated heterocycles. The predicted molar refractivity (Wildman–Crippen MR) is 94.9 cm³/mol. The molecule has 1 aliphatic carbocycles. The number of aliphatic hydroxyl groups excluding tert-OH is 1. The number of aromatic nitrogens is 2. The van der Waals surface area contributed by atoms with Crippen LogP contribution in [0.5, 0.6) is 0 Å². The highest BCUT2D eigenvalue weighted by Crippen LogP contribution is 2.42. The number of aliphatic hydroxyl groups is 1. The first-order chi connectivity index (χ1) is 11.2. The molecule has 1 saturated carbocycles. The predicted octanol–water partition coefficient (Wildman–Crippen LogP) is 3.87. The van der Waals surface area contributed by atoms with Crippen molar-refractivity contribution < 1.29 is 5.11 Å². The largest absolute Gasteiger partial charge is 0.390 e. The lowest BCUT2D eigenvalue weighted by Crippen LogP contribution is -2.12. The molecule has 2 atom stereocenters. The monoisotopic (exact) mass is 327 g/mol. The Kier molecular flexibility index (Phi) is 3.62. The van der Waals surface area contributed by atoms with E-state index in [1.54, 1.807) is 4.68 Å². The molecule has 4 nitrogen and oxygen atoms in total. The van der Waals surface area contributed by atoms with Gasteiger partial charge in [0.25, 0.3) is 0 Å². The first-order valence-corrected chi connectivity index (χ1v) is 9.02. The number of rotatable bonds is 3. The van der Waals surface area contributed by atoms with Crippen LogP contribution in [0.1, 0.15) is 43.4 Å². The van der Waals surface area contributed by atoms with Crippen molar-refractivity contribution in [1.29, 1.82) is 0 Å². The molecule has 3 aromatic rings. The minimum absolute atomic E-state index is 0.0356. The normalized spacial score (nSPS) is 21.3. The average Bonchev–Trinajstić information content (AvgIpc) is 3.26. The van der Waals surface area contributed by atoms with E-state index in [2.05, 4.69) is 36.2 Å². The molecule has 23 heavy (non-hydrogen) atoms. The average molecular weight is 327 g/mol. The van der Waals surface area contributed by atoms with Crippen molar-refractivity contribution in [2.75, 3.05) is 5.84 Å². The Morgan fingerprint density at radius 1 is 1.39 bits per heavy atom. The minimum Gasteiger partial charge on any atom is -0.390 e. The second-order valence-electron chi connectivity index (χ2n) is 6.50. The highest BCUT2D eigenvalue weighted by Gasteiger charge is 2.27. The van der Waals surface area contributed by atoms with Crippen LogP contribution >= 0.6 is 11.3 Å². The molecule has 0 radical (unpaired) electrons. The summed E-state index contributed by atoms with van der Waals surface area (Å²) in [5, 5.41) is 13.1. The highest BCUT2D eigenvalue weighted by atomic mass is 32.1. The Morgan fingerprint density at radius 2 is 2.26 bits per heavy atom. The van der Waals surface area contributed by atoms with Crippen LogP contribution in [-0.4, -0.2) is 14.8 Å². The van der Waals surface area contributed by atoms with E-state index < -0.39 is 0 Å². The van der Waals surface area contributed by atoms with Crippen molar-refractivity contribution in [2.45, 2.75) is 38.7 Å². The Balaban J connectivity index is 1.87. The lowest BCUT2D eigenvalue weighted by Gasteiger charge is -2.18. The van der Waals surface area contributed by atoms with Crippen molar-refractivity contribution >= 4 is 22.2 Å². The van der Waals surface area contributed by atoms with Gasteiger partial charge in [0.15, 0.2) is 0 Å². The quantitative estimate of drug-likeness (QED) is 0.718. The smallest absolute Gasteiger partial charge is 0.142 e. The van der Waals surface area contributed by atoms with Gasteiger partial charge < -0.3 is 10.9 Å². The SMILES string of the molecule is CC1CCCC1c1cccc2cc(-c3nc(CO)cs3)n(N)c12. The van der Waals surface area contributed by atoms with Crippen molar-refractivity contribution in [1.82, 2.24) is 9.66 Å². The van der Waals surface area contributed by atoms with Gasteiger partial charge >= 0.3 is 0 Å². The first kappa shape index (κ1) is 14.7. The molecule has 1 aliphatic rings. The number of para-hydroxylation sites is 1. The van der Waals surface area contributed by atoms with Gasteiger partial charge in [0, 0.05) is 10.8 Å². The lowest BCUT2D eigenvalue weighted by molar-refractivity contribution is 0.278. The molecule has 3 N–H and O–H groups in total. The maximum Gasteiger partial charge on any atom is 0.142 e. The fraction of sp³-hybridized carbons (Fsp3) is 0.389. The first-order valence-electron chi connectivity index (χ1n) is 8.14. The Hall–Kier alpha value is -1.85. The van der Waals surface area contributed by atoms with Gasteiger partial charge in [0.05, 0.1) is 23.5 Å². The zero-order valence-corrected chi connectivity index (χ0v) is 14.0. The van der Waals surface area contributed by atoms with Gasteiger partial charge in [0.1, 0.15) is 5.01 Å². The number of nitrogen functional groups attached to an aromatic ring is 1. The van der Waals surface area contributed by atoms with Gasteiger partial charge in [-0.3, -0.25) is 4.68 Å². The Bertz CT molecular complexity index is 851. The molecule has 2 aromatic heterocycles. The third kappa shape index (κ3) is 2.35. The molecule has 0 spiro atoms. The number of benzene rings is 1. The molecule has 1 aromatic carbocycles. The number of fused-ring (bicyclic) bond motifs is 1. The van der Waals surface area contributed by atoms with Gasteiger partial charge in [-0.05, 0) is 29.9 Å². The van der Waals surface area contributed by atoms with Crippen LogP contribution in [-0.2, 0) is 6.61 Å². The van der Waals surface area contributed by atoms with Crippen LogP contribution in [0.4, 0.5) is 0 Å². The van der Waals surface area contributed by atoms with E-state index in [0.29, 0.717) is 17.5 Å². The maximum absolute atomic E-state index is 9.23. The Labute approximate surface area is 139 Å². The van der Waals surface area contributed by atoms with Crippen molar-refractivity contribution in [3.05, 3.63) is 40.9 Å². The summed E-state index contributed by atoms with van der Waals surface area (Å²) in [7, 11) is 0. The molecule has 0 aliphatic heterocycles. The van der Waals surface area contributed by atoms with Gasteiger partial charge in [-0.15, -0.1) is 11.3 Å². The van der Waals surface area contributed by atoms with E-state index in [4.69, 9.17) is 5.84 Å². The number of hydrogen-bond acceptors (Lipinski definition) is 4. The van der Waals surface area contributed by atoms with Gasteiger partial charge in [0.2, 0.25) is 0 Å². The summed E-state index contributed by atoms with van der Waals surface area (Å²) in [4.78, 5) is 4.46. The van der Waals surface area contributed by atoms with E-state index in [1.165, 1.54) is 41.5 Å². The highest BCUT2D eigenvalue weighted by molar-refractivity contribution is 7.13. The standard InChI is InChI=1S/C18H21N3OS/c1-11-4-2-6-14(11)15-7-3-5-12-8-16(21(19)17(12)15)18-20-13(9-22)10-23-18/h3,5,7-8,10-11,14,22H,2,4,6,9,19H2,1H3. The number of nitrogens with zero attached hydrogens (tertiary/aromatic N) is 2. The molecule has 2 heterocycles. The van der Waals surface area contributed by atoms with Crippen LogP contribution in [0.25, 0.3) is 21.6 Å². The molecule has 2 unspecified atom stereocenters. The van der Waals surface area contributed by atoms with Gasteiger partial charge in [-0.2, -0.15) is 0 Å². The number of nitrogens with two attached hydrogens (primary N) is 1. The molecule has 1 fully saturated rings. The third-order valence-electron chi connectivity index (χ3n) is 5.08. The van der Waals surface area contributed by atoms with Crippen molar-refractivity contribution in [3.8, 4) is 10.7 Å². The summed E-state index contributed by atoms with van der Waals surface area (Å²) in [6.45, 7) is 2.31. The van der Waals surface area contributed by atoms with Crippen LogP contribution in [0.3, 0.4) is 0 Å². The fourth-order valence-electron chi connectivity index (χ4n) is 3.88. The van der Waals surface area contributed by atoms with E-state index in [-0.39, 0.29) is 6.61 Å². The van der Waals surface area contributed by atoms with Gasteiger partial charge in [-0.25, -0.2) is 4.98 Å². The lowest BCUT2D eigenvalue weighted by atomic mass is 9.89. The molecule has 120 valence electrons. The second kappa shape index (κ2) is 5.65. The fourth-order valence-corrected chi connectivity index (χ4v) is 4.70. The molecule has 0 bridgehead atoms. The van der Waals surface area contributed by atoms with Crippen LogP contribution < -0.4 is 5.84 Å². The van der Waals surface area contributed by atoms with Crippen LogP contribution in [0, 0.1) is 5.92 Å². The summed E-state index contributed by atoms with van der Waals surface area (Å²) >= 11 is 1.52. The van der Waals surface area contributed by atoms with Crippen molar-refractivity contribution in [2.24, 2.45) is 5.92 Å². The minimum atomic E-state index is -0.0356. The second-order valence-corrected chi connectivity index (χ2v) is 7.36. The van der Waals surface area contributed by atoms with Crippen LogP contribution in [0.2, 0.25) is 0 Å². The van der Waals surface area contributed by atoms with E-state index in [1.807, 2.05) is 5.38 Å². The van der Waals surface area contributed by atoms with E-state index >= 15 is 0 Å². The summed E-state index contributed by atoms with van der Waals surface area (Å²) in [6, 6.07) is 8.58. The molecule has 4 rings (SSSR count). The third-order valence-corrected chi connectivity index (χ3v) is 6.00. The summed E-state index contributed by atoms with van der Waals surface area (Å²) in [6.07, 6.45) is 3.84. The Morgan fingerprint density at radius 3 is 2.96 bits per heavy atom. The summed E-state index contributed by atoms with van der Waals surface area (Å²) in [5.41, 5.74) is 4.10. The maximum atomic E-state index is 9.23. The van der Waals surface area contributed by atoms with Gasteiger partial charge in [-0.1, -0.05) is 38.0 Å². The number of hydrogen-bond donors (Lipinski definition) is 2. The molecule has 0 amide bonds.